The second-order valence-electron chi connectivity index (χ2n) is 13.5. The van der Waals surface area contributed by atoms with Crippen LogP contribution in [0.2, 0.25) is 0 Å². The summed E-state index contributed by atoms with van der Waals surface area (Å²) >= 11 is 0. The summed E-state index contributed by atoms with van der Waals surface area (Å²) in [6.45, 7) is 0. The van der Waals surface area contributed by atoms with Gasteiger partial charge in [-0.2, -0.15) is 0 Å². The molecule has 16 aromatic rings. The van der Waals surface area contributed by atoms with Crippen LogP contribution in [0.15, 0.2) is 60.7 Å². The van der Waals surface area contributed by atoms with Crippen molar-refractivity contribution in [1.82, 2.24) is 0 Å². The molecule has 0 aromatic heterocycles. The molecule has 0 saturated heterocycles. The van der Waals surface area contributed by atoms with Gasteiger partial charge in [0.05, 0.1) is 0 Å². The molecule has 0 atom stereocenters. The van der Waals surface area contributed by atoms with E-state index in [0.29, 0.717) is 0 Å². The van der Waals surface area contributed by atoms with Gasteiger partial charge in [0.15, 0.2) is 0 Å². The summed E-state index contributed by atoms with van der Waals surface area (Å²) in [6, 6.07) is 25.0. The van der Waals surface area contributed by atoms with Crippen molar-refractivity contribution in [2.75, 3.05) is 0 Å². The topological polar surface area (TPSA) is 0 Å². The van der Waals surface area contributed by atoms with Crippen molar-refractivity contribution in [2.24, 2.45) is 0 Å². The van der Waals surface area contributed by atoms with Gasteiger partial charge in [-0.25, -0.2) is 0 Å². The van der Waals surface area contributed by atoms with E-state index in [2.05, 4.69) is 60.7 Å². The molecule has 0 unspecified atom stereocenters. The Kier molecular flexibility index (Phi) is 1.62. The smallest absolute Gasteiger partial charge is 0.00000151 e. The van der Waals surface area contributed by atoms with E-state index in [1.165, 1.54) is 108 Å². The van der Waals surface area contributed by atoms with E-state index in [1.54, 1.807) is 53.9 Å². The van der Waals surface area contributed by atoms with Crippen LogP contribution in [-0.4, -0.2) is 0 Å². The Balaban J connectivity index is 1.57. The van der Waals surface area contributed by atoms with Crippen molar-refractivity contribution in [3.63, 3.8) is 0 Å². The van der Waals surface area contributed by atoms with Crippen LogP contribution in [-0.2, 0) is 0 Å². The maximum absolute atomic E-state index is 2.50. The van der Waals surface area contributed by atoms with E-state index >= 15 is 0 Å². The van der Waals surface area contributed by atoms with Crippen LogP contribution < -0.4 is 0 Å². The van der Waals surface area contributed by atoms with Crippen LogP contribution in [0.5, 0.6) is 0 Å². The molecule has 0 nitrogen and oxygen atoms in total. The largest absolute Gasteiger partial charge is 0.0464 e. The minimum absolute atomic E-state index is 1.42. The van der Waals surface area contributed by atoms with Gasteiger partial charge in [0.1, 0.15) is 0 Å². The van der Waals surface area contributed by atoms with Crippen molar-refractivity contribution in [3.8, 4) is 0 Å². The fraction of sp³-hybridized carbons (Fsp3) is 0. The Morgan fingerprint density at radius 2 is 0.225 bits per heavy atom. The number of benzene rings is 10. The second-order valence-corrected chi connectivity index (χ2v) is 13.5. The minimum Gasteiger partial charge on any atom is -0.0464 e. The van der Waals surface area contributed by atoms with Crippen molar-refractivity contribution in [1.29, 1.82) is 0 Å². The summed E-state index contributed by atoms with van der Waals surface area (Å²) in [5, 5.41) is 45.0. The fourth-order valence-corrected chi connectivity index (χ4v) is 11.4. The van der Waals surface area contributed by atoms with E-state index in [4.69, 9.17) is 0 Å². The summed E-state index contributed by atoms with van der Waals surface area (Å²) in [5.41, 5.74) is 0. The van der Waals surface area contributed by atoms with Gasteiger partial charge >= 0.3 is 0 Å². The highest BCUT2D eigenvalue weighted by molar-refractivity contribution is 6.67. The highest BCUT2D eigenvalue weighted by Crippen LogP contribution is 2.65. The van der Waals surface area contributed by atoms with E-state index in [1.807, 2.05) is 0 Å². The number of hydrogen-bond donors (Lipinski definition) is 0. The van der Waals surface area contributed by atoms with Gasteiger partial charge in [0.2, 0.25) is 0 Å². The molecule has 0 bridgehead atoms. The first-order chi connectivity index (χ1) is 19.8. The average molecular weight is 491 g/mol. The third kappa shape index (κ3) is 1.09. The number of hydrogen-bond acceptors (Lipinski definition) is 0. The van der Waals surface area contributed by atoms with Gasteiger partial charge in [-0.1, -0.05) is 0 Å². The molecule has 0 amide bonds. The first-order valence-corrected chi connectivity index (χ1v) is 14.5. The summed E-state index contributed by atoms with van der Waals surface area (Å²) in [4.78, 5) is 0. The van der Waals surface area contributed by atoms with Gasteiger partial charge in [-0.15, -0.1) is 0 Å². The van der Waals surface area contributed by atoms with Crippen LogP contribution >= 0.6 is 0 Å². The first-order valence-electron chi connectivity index (χ1n) is 14.5. The van der Waals surface area contributed by atoms with Crippen LogP contribution in [0.3, 0.4) is 0 Å². The molecule has 0 heteroatoms. The molecule has 0 saturated carbocycles. The van der Waals surface area contributed by atoms with Crippen molar-refractivity contribution >= 4 is 162 Å². The average Bonchev–Trinajstić information content (AvgIpc) is 3.77. The predicted molar refractivity (Wildman–Crippen MR) is 174 cm³/mol. The third-order valence-corrected chi connectivity index (χ3v) is 12.2. The quantitative estimate of drug-likeness (QED) is 0.146. The van der Waals surface area contributed by atoms with Crippen molar-refractivity contribution in [2.45, 2.75) is 0 Å². The zero-order chi connectivity index (χ0) is 24.4. The summed E-state index contributed by atoms with van der Waals surface area (Å²) in [6.07, 6.45) is 0. The van der Waals surface area contributed by atoms with Crippen LogP contribution in [0, 0.1) is 0 Å². The van der Waals surface area contributed by atoms with Gasteiger partial charge in [-0.05, 0) is 222 Å². The van der Waals surface area contributed by atoms with Crippen LogP contribution in [0.4, 0.5) is 0 Å². The Morgan fingerprint density at radius 1 is 0.125 bits per heavy atom. The zero-order valence-electron chi connectivity index (χ0n) is 20.8. The first kappa shape index (κ1) is 16.0. The van der Waals surface area contributed by atoms with Crippen molar-refractivity contribution < 1.29 is 0 Å². The molecular weight excluding hydrogens is 480 g/mol. The molecule has 0 spiro atoms. The summed E-state index contributed by atoms with van der Waals surface area (Å²) < 4.78 is 0. The van der Waals surface area contributed by atoms with Gasteiger partial charge in [0, 0.05) is 0 Å². The van der Waals surface area contributed by atoms with E-state index < -0.39 is 0 Å². The molecule has 170 valence electrons. The molecule has 16 aromatic carbocycles. The third-order valence-electron chi connectivity index (χ3n) is 12.2. The lowest BCUT2D eigenvalue weighted by Gasteiger charge is -2.17. The van der Waals surface area contributed by atoms with E-state index in [-0.39, 0.29) is 0 Å². The maximum atomic E-state index is 2.50. The number of rotatable bonds is 0. The second kappa shape index (κ2) is 4.05. The van der Waals surface area contributed by atoms with E-state index in [0.717, 1.165) is 0 Å². The Labute approximate surface area is 221 Å². The Bertz CT molecular complexity index is 2900. The lowest BCUT2D eigenvalue weighted by Crippen LogP contribution is -1.87. The molecular formula is C40H10. The molecule has 0 fully saturated rings. The lowest BCUT2D eigenvalue weighted by atomic mass is 9.85. The molecule has 0 radical (unpaired) electrons. The van der Waals surface area contributed by atoms with Crippen LogP contribution in [0.25, 0.3) is 162 Å². The monoisotopic (exact) mass is 490 g/mol. The van der Waals surface area contributed by atoms with Crippen LogP contribution in [0.1, 0.15) is 0 Å². The minimum atomic E-state index is 1.42. The Morgan fingerprint density at radius 3 is 0.350 bits per heavy atom. The molecule has 0 aliphatic carbocycles. The molecule has 40 heavy (non-hydrogen) atoms. The fourth-order valence-electron chi connectivity index (χ4n) is 11.4. The summed E-state index contributed by atoms with van der Waals surface area (Å²) in [5.74, 6) is 0. The lowest BCUT2D eigenvalue weighted by molar-refractivity contribution is 2.04. The predicted octanol–water partition coefficient (Wildman–Crippen LogP) is 11.7. The van der Waals surface area contributed by atoms with Crippen molar-refractivity contribution in [3.05, 3.63) is 60.7 Å². The van der Waals surface area contributed by atoms with Gasteiger partial charge in [0.25, 0.3) is 0 Å². The SMILES string of the molecule is c1c2cc3cc4cc5cc6cc7cc8cc9cc%10cc1c1c2c2c3c4c3c5c6c4c7c8c5c9c%10c1c1c2c3c4c51. The molecule has 16 rings (SSSR count). The zero-order valence-corrected chi connectivity index (χ0v) is 20.8. The highest BCUT2D eigenvalue weighted by Gasteiger charge is 2.36. The van der Waals surface area contributed by atoms with Gasteiger partial charge < -0.3 is 0 Å². The van der Waals surface area contributed by atoms with E-state index in [9.17, 15) is 0 Å². The molecule has 0 aliphatic heterocycles. The van der Waals surface area contributed by atoms with Gasteiger partial charge in [-0.3, -0.25) is 0 Å². The molecule has 0 aliphatic rings. The standard InChI is InChI=1S/C40H10/c1-11-6-13-2-15-8-17-4-19-10-20-5-18-9-16-3-14-7-12(1)22-21(11)31-23(13)25(15)33-27(17)29(19)35-30(20)28(18)34-26(16)24(14)32(22)37-36(31)38(33)40(35)39(34)37/h1-10H. The normalized spacial score (nSPS) is 15.5. The maximum Gasteiger partial charge on any atom is -0.00000151 e. The molecule has 0 heterocycles. The molecule has 0 N–H and O–H groups in total. The highest BCUT2D eigenvalue weighted by atomic mass is 14.4. The summed E-state index contributed by atoms with van der Waals surface area (Å²) in [7, 11) is 0. The Hall–Kier alpha value is -5.20.